The molecule has 2 unspecified atom stereocenters. The van der Waals surface area contributed by atoms with Crippen LogP contribution in [0.2, 0.25) is 0 Å². The second-order valence-electron chi connectivity index (χ2n) is 12.2. The third-order valence-corrected chi connectivity index (χ3v) is 7.49. The molecule has 8 nitrogen and oxygen atoms in total. The van der Waals surface area contributed by atoms with E-state index in [-0.39, 0.29) is 12.5 Å². The molecule has 3 aromatic carbocycles. The Hall–Kier alpha value is -3.91. The van der Waals surface area contributed by atoms with Gasteiger partial charge in [-0.3, -0.25) is 9.59 Å². The number of aryl methyl sites for hydroxylation is 1. The lowest BCUT2D eigenvalue weighted by molar-refractivity contribution is -0.141. The molecule has 0 spiro atoms. The second kappa shape index (κ2) is 16.8. The van der Waals surface area contributed by atoms with Crippen LogP contribution in [0, 0.1) is 0 Å². The van der Waals surface area contributed by atoms with E-state index in [0.717, 1.165) is 54.9 Å². The van der Waals surface area contributed by atoms with Crippen molar-refractivity contribution in [1.29, 1.82) is 0 Å². The standard InChI is InChI=1S/C36H49N3O5/c1-6-8-9-10-11-14-23-39(34(42)31(25-40)38-35(43)44-36(3,4)5)32(28-19-17-26(7-2)18-20-28)33(41)37-30-22-21-27-15-12-13-16-29(27)24-30/h12-13,15-22,24,31-32,40H,6-11,14,23,25H2,1-5H3,(H,37,41)(H,38,43). The summed E-state index contributed by atoms with van der Waals surface area (Å²) in [7, 11) is 0. The van der Waals surface area contributed by atoms with Crippen LogP contribution in [-0.2, 0) is 20.7 Å². The van der Waals surface area contributed by atoms with Crippen molar-refractivity contribution in [2.24, 2.45) is 0 Å². The first-order chi connectivity index (χ1) is 21.1. The minimum atomic E-state index is -1.28. The van der Waals surface area contributed by atoms with Crippen LogP contribution in [0.1, 0.15) is 90.3 Å². The maximum Gasteiger partial charge on any atom is 0.408 e. The summed E-state index contributed by atoms with van der Waals surface area (Å²) in [5, 5.41) is 17.8. The van der Waals surface area contributed by atoms with Crippen molar-refractivity contribution >= 4 is 34.4 Å². The third kappa shape index (κ3) is 10.4. The van der Waals surface area contributed by atoms with Gasteiger partial charge < -0.3 is 25.4 Å². The lowest BCUT2D eigenvalue weighted by Gasteiger charge is -2.34. The molecule has 3 N–H and O–H groups in total. The van der Waals surface area contributed by atoms with Crippen LogP contribution in [0.25, 0.3) is 10.8 Å². The number of nitrogens with one attached hydrogen (secondary N) is 2. The molecule has 3 amide bonds. The first-order valence-corrected chi connectivity index (χ1v) is 15.9. The smallest absolute Gasteiger partial charge is 0.408 e. The minimum absolute atomic E-state index is 0.281. The number of rotatable bonds is 15. The summed E-state index contributed by atoms with van der Waals surface area (Å²) < 4.78 is 5.36. The van der Waals surface area contributed by atoms with Crippen molar-refractivity contribution in [3.05, 3.63) is 77.9 Å². The van der Waals surface area contributed by atoms with Crippen molar-refractivity contribution < 1.29 is 24.2 Å². The molecule has 3 rings (SSSR count). The second-order valence-corrected chi connectivity index (χ2v) is 12.2. The van der Waals surface area contributed by atoms with Crippen LogP contribution in [0.4, 0.5) is 10.5 Å². The van der Waals surface area contributed by atoms with Crippen molar-refractivity contribution in [3.63, 3.8) is 0 Å². The van der Waals surface area contributed by atoms with Crippen LogP contribution in [0.3, 0.4) is 0 Å². The molecule has 0 fully saturated rings. The predicted octanol–water partition coefficient (Wildman–Crippen LogP) is 7.16. The van der Waals surface area contributed by atoms with Crippen LogP contribution in [-0.4, -0.2) is 52.7 Å². The largest absolute Gasteiger partial charge is 0.444 e. The molecule has 0 saturated carbocycles. The quantitative estimate of drug-likeness (QED) is 0.160. The SMILES string of the molecule is CCCCCCCCN(C(=O)C(CO)NC(=O)OC(C)(C)C)C(C(=O)Nc1ccc2ccccc2c1)c1ccc(CC)cc1. The highest BCUT2D eigenvalue weighted by Gasteiger charge is 2.36. The number of unbranched alkanes of at least 4 members (excludes halogenated alkanes) is 5. The van der Waals surface area contributed by atoms with E-state index in [1.807, 2.05) is 66.7 Å². The molecule has 44 heavy (non-hydrogen) atoms. The summed E-state index contributed by atoms with van der Waals surface area (Å²) in [5.41, 5.74) is 1.58. The molecular weight excluding hydrogens is 554 g/mol. The first kappa shape index (κ1) is 34.6. The molecule has 0 aliphatic rings. The number of aliphatic hydroxyl groups excluding tert-OH is 1. The van der Waals surface area contributed by atoms with E-state index in [9.17, 15) is 19.5 Å². The molecule has 0 aliphatic carbocycles. The van der Waals surface area contributed by atoms with Crippen molar-refractivity contribution in [3.8, 4) is 0 Å². The van der Waals surface area contributed by atoms with Crippen molar-refractivity contribution in [1.82, 2.24) is 10.2 Å². The average molecular weight is 604 g/mol. The van der Waals surface area contributed by atoms with Gasteiger partial charge in [0, 0.05) is 12.2 Å². The van der Waals surface area contributed by atoms with Crippen LogP contribution < -0.4 is 10.6 Å². The van der Waals surface area contributed by atoms with Gasteiger partial charge in [-0.2, -0.15) is 0 Å². The highest BCUT2D eigenvalue weighted by molar-refractivity contribution is 6.00. The summed E-state index contributed by atoms with van der Waals surface area (Å²) in [6.07, 6.45) is 5.99. The summed E-state index contributed by atoms with van der Waals surface area (Å²) in [6, 6.07) is 19.0. The maximum absolute atomic E-state index is 14.2. The van der Waals surface area contributed by atoms with Gasteiger partial charge in [-0.25, -0.2) is 4.79 Å². The summed E-state index contributed by atoms with van der Waals surface area (Å²) in [4.78, 5) is 42.4. The van der Waals surface area contributed by atoms with E-state index in [4.69, 9.17) is 4.74 Å². The average Bonchev–Trinajstić information content (AvgIpc) is 2.99. The highest BCUT2D eigenvalue weighted by atomic mass is 16.6. The number of hydrogen-bond donors (Lipinski definition) is 3. The maximum atomic E-state index is 14.2. The van der Waals surface area contributed by atoms with Gasteiger partial charge in [0.15, 0.2) is 0 Å². The van der Waals surface area contributed by atoms with E-state index in [2.05, 4.69) is 24.5 Å². The number of aliphatic hydroxyl groups is 1. The van der Waals surface area contributed by atoms with E-state index in [1.165, 1.54) is 4.90 Å². The molecule has 0 heterocycles. The van der Waals surface area contributed by atoms with Crippen molar-refractivity contribution in [2.45, 2.75) is 97.2 Å². The van der Waals surface area contributed by atoms with Crippen LogP contribution in [0.5, 0.6) is 0 Å². The summed E-state index contributed by atoms with van der Waals surface area (Å²) in [5.74, 6) is -0.928. The Morgan fingerprint density at radius 1 is 0.864 bits per heavy atom. The molecule has 0 radical (unpaired) electrons. The highest BCUT2D eigenvalue weighted by Crippen LogP contribution is 2.27. The van der Waals surface area contributed by atoms with E-state index in [1.54, 1.807) is 20.8 Å². The lowest BCUT2D eigenvalue weighted by Crippen LogP contribution is -2.54. The molecule has 2 atom stereocenters. The van der Waals surface area contributed by atoms with Crippen LogP contribution in [0.15, 0.2) is 66.7 Å². The van der Waals surface area contributed by atoms with E-state index in [0.29, 0.717) is 17.7 Å². The summed E-state index contributed by atoms with van der Waals surface area (Å²) in [6.45, 7) is 9.03. The molecule has 238 valence electrons. The normalized spacial score (nSPS) is 12.8. The zero-order valence-electron chi connectivity index (χ0n) is 26.9. The molecular formula is C36H49N3O5. The first-order valence-electron chi connectivity index (χ1n) is 15.9. The molecule has 3 aromatic rings. The Labute approximate surface area is 262 Å². The van der Waals surface area contributed by atoms with Crippen molar-refractivity contribution in [2.75, 3.05) is 18.5 Å². The van der Waals surface area contributed by atoms with E-state index >= 15 is 0 Å². The minimum Gasteiger partial charge on any atom is -0.444 e. The summed E-state index contributed by atoms with van der Waals surface area (Å²) >= 11 is 0. The Morgan fingerprint density at radius 2 is 1.52 bits per heavy atom. The topological polar surface area (TPSA) is 108 Å². The van der Waals surface area contributed by atoms with Gasteiger partial charge in [-0.05, 0) is 67.6 Å². The molecule has 0 bridgehead atoms. The fourth-order valence-corrected chi connectivity index (χ4v) is 5.15. The van der Waals surface area contributed by atoms with Gasteiger partial charge in [-0.15, -0.1) is 0 Å². The predicted molar refractivity (Wildman–Crippen MR) is 176 cm³/mol. The molecule has 0 aliphatic heterocycles. The Morgan fingerprint density at radius 3 is 2.16 bits per heavy atom. The number of carbonyl (C=O) groups excluding carboxylic acids is 3. The number of benzene rings is 3. The van der Waals surface area contributed by atoms with Gasteiger partial charge in [0.05, 0.1) is 6.61 Å². The number of nitrogens with zero attached hydrogens (tertiary/aromatic N) is 1. The number of hydrogen-bond acceptors (Lipinski definition) is 5. The fourth-order valence-electron chi connectivity index (χ4n) is 5.15. The number of carbonyl (C=O) groups is 3. The molecule has 0 aromatic heterocycles. The van der Waals surface area contributed by atoms with Crippen LogP contribution >= 0.6 is 0 Å². The monoisotopic (exact) mass is 603 g/mol. The third-order valence-electron chi connectivity index (χ3n) is 7.49. The number of ether oxygens (including phenoxy) is 1. The lowest BCUT2D eigenvalue weighted by atomic mass is 9.99. The number of fused-ring (bicyclic) bond motifs is 1. The Kier molecular flexibility index (Phi) is 13.2. The Balaban J connectivity index is 1.97. The van der Waals surface area contributed by atoms with Gasteiger partial charge in [0.25, 0.3) is 5.91 Å². The zero-order valence-corrected chi connectivity index (χ0v) is 26.9. The molecule has 0 saturated heterocycles. The zero-order chi connectivity index (χ0) is 32.1. The van der Waals surface area contributed by atoms with Gasteiger partial charge in [-0.1, -0.05) is 101 Å². The van der Waals surface area contributed by atoms with Gasteiger partial charge >= 0.3 is 6.09 Å². The number of anilines is 1. The van der Waals surface area contributed by atoms with E-state index < -0.39 is 36.3 Å². The Bertz CT molecular complexity index is 1370. The number of amides is 3. The molecule has 8 heteroatoms. The number of alkyl carbamates (subject to hydrolysis) is 1. The van der Waals surface area contributed by atoms with Gasteiger partial charge in [0.1, 0.15) is 17.7 Å². The van der Waals surface area contributed by atoms with Gasteiger partial charge in [0.2, 0.25) is 5.91 Å². The fraction of sp³-hybridized carbons (Fsp3) is 0.472.